The van der Waals surface area contributed by atoms with Crippen LogP contribution in [-0.4, -0.2) is 21.9 Å². The van der Waals surface area contributed by atoms with E-state index in [2.05, 4.69) is 22.9 Å². The molecule has 0 heterocycles. The minimum Gasteiger partial charge on any atom is -0.395 e. The quantitative estimate of drug-likeness (QED) is 0.719. The Morgan fingerprint density at radius 2 is 2.20 bits per heavy atom. The molecule has 0 bridgehead atoms. The van der Waals surface area contributed by atoms with Crippen LogP contribution in [0.2, 0.25) is 0 Å². The Balaban J connectivity index is 3.31. The second-order valence-corrected chi connectivity index (χ2v) is 4.09. The van der Waals surface area contributed by atoms with Crippen molar-refractivity contribution in [1.29, 1.82) is 0 Å². The zero-order chi connectivity index (χ0) is 7.98. The van der Waals surface area contributed by atoms with Gasteiger partial charge in [0.2, 0.25) is 0 Å². The number of aliphatic hydroxyl groups excluding tert-OH is 1. The predicted octanol–water partition coefficient (Wildman–Crippen LogP) is 2.54. The smallest absolute Gasteiger partial charge is 0.0691 e. The lowest BCUT2D eigenvalue weighted by Gasteiger charge is -2.12. The van der Waals surface area contributed by atoms with Crippen molar-refractivity contribution in [2.45, 2.75) is 36.4 Å². The zero-order valence-corrected chi connectivity index (χ0v) is 8.53. The van der Waals surface area contributed by atoms with E-state index >= 15 is 0 Å². The van der Waals surface area contributed by atoms with Crippen molar-refractivity contribution in [2.24, 2.45) is 0 Å². The molecule has 0 saturated heterocycles. The number of unbranched alkanes of at least 4 members (excludes halogenated alkanes) is 1. The molecule has 62 valence electrons. The van der Waals surface area contributed by atoms with Crippen LogP contribution in [0.25, 0.3) is 0 Å². The van der Waals surface area contributed by atoms with Crippen LogP contribution >= 0.6 is 27.5 Å². The molecule has 0 aliphatic rings. The summed E-state index contributed by atoms with van der Waals surface area (Å²) in [6, 6.07) is 0. The third kappa shape index (κ3) is 4.53. The highest BCUT2D eigenvalue weighted by molar-refractivity contribution is 9.09. The lowest BCUT2D eigenvalue weighted by molar-refractivity contribution is 0.289. The SMILES string of the molecule is CCCCC(Br)C(Cl)CO. The summed E-state index contributed by atoms with van der Waals surface area (Å²) in [4.78, 5) is 0.263. The number of halogens is 2. The summed E-state index contributed by atoms with van der Waals surface area (Å²) in [6.45, 7) is 2.20. The maximum atomic E-state index is 8.64. The lowest BCUT2D eigenvalue weighted by atomic mass is 10.1. The Kier molecular flexibility index (Phi) is 6.91. The van der Waals surface area contributed by atoms with Gasteiger partial charge >= 0.3 is 0 Å². The van der Waals surface area contributed by atoms with Gasteiger partial charge in [-0.2, -0.15) is 0 Å². The Morgan fingerprint density at radius 1 is 1.60 bits per heavy atom. The highest BCUT2D eigenvalue weighted by Crippen LogP contribution is 2.17. The van der Waals surface area contributed by atoms with E-state index in [1.165, 1.54) is 12.8 Å². The van der Waals surface area contributed by atoms with E-state index in [4.69, 9.17) is 16.7 Å². The topological polar surface area (TPSA) is 20.2 Å². The zero-order valence-electron chi connectivity index (χ0n) is 6.19. The molecule has 1 N–H and O–H groups in total. The third-order valence-corrected chi connectivity index (χ3v) is 3.24. The third-order valence-electron chi connectivity index (χ3n) is 1.40. The van der Waals surface area contributed by atoms with Gasteiger partial charge in [-0.05, 0) is 6.42 Å². The van der Waals surface area contributed by atoms with E-state index in [0.717, 1.165) is 6.42 Å². The van der Waals surface area contributed by atoms with Crippen LogP contribution in [0.4, 0.5) is 0 Å². The van der Waals surface area contributed by atoms with Crippen LogP contribution in [0.15, 0.2) is 0 Å². The molecular weight excluding hydrogens is 215 g/mol. The van der Waals surface area contributed by atoms with Crippen LogP contribution in [0, 0.1) is 0 Å². The Bertz CT molecular complexity index is 80.0. The molecule has 0 aliphatic carbocycles. The predicted molar refractivity (Wildman–Crippen MR) is 49.0 cm³/mol. The first-order valence-electron chi connectivity index (χ1n) is 3.61. The molecule has 0 amide bonds. The van der Waals surface area contributed by atoms with Gasteiger partial charge < -0.3 is 5.11 Å². The summed E-state index contributed by atoms with van der Waals surface area (Å²) in [5.74, 6) is 0. The number of alkyl halides is 2. The first kappa shape index (κ1) is 10.7. The maximum Gasteiger partial charge on any atom is 0.0691 e. The van der Waals surface area contributed by atoms with Gasteiger partial charge in [-0.1, -0.05) is 35.7 Å². The highest BCUT2D eigenvalue weighted by atomic mass is 79.9. The fourth-order valence-electron chi connectivity index (χ4n) is 0.694. The molecule has 0 spiro atoms. The number of aliphatic hydroxyl groups is 1. The second kappa shape index (κ2) is 6.44. The molecule has 0 saturated carbocycles. The molecule has 0 aromatic heterocycles. The molecule has 0 aliphatic heterocycles. The first-order valence-corrected chi connectivity index (χ1v) is 4.96. The fourth-order valence-corrected chi connectivity index (χ4v) is 1.31. The summed E-state index contributed by atoms with van der Waals surface area (Å²) in [5, 5.41) is 8.51. The maximum absolute atomic E-state index is 8.64. The normalized spacial score (nSPS) is 16.8. The van der Waals surface area contributed by atoms with Crippen LogP contribution < -0.4 is 0 Å². The van der Waals surface area contributed by atoms with Crippen LogP contribution in [0.1, 0.15) is 26.2 Å². The minimum absolute atomic E-state index is 0.0567. The number of rotatable bonds is 5. The molecule has 2 atom stereocenters. The Labute approximate surface area is 75.9 Å². The van der Waals surface area contributed by atoms with Gasteiger partial charge in [0.1, 0.15) is 0 Å². The number of hydrogen-bond acceptors (Lipinski definition) is 1. The van der Waals surface area contributed by atoms with Gasteiger partial charge in [0, 0.05) is 4.83 Å². The highest BCUT2D eigenvalue weighted by Gasteiger charge is 2.13. The van der Waals surface area contributed by atoms with E-state index in [1.807, 2.05) is 0 Å². The van der Waals surface area contributed by atoms with E-state index in [-0.39, 0.29) is 16.8 Å². The van der Waals surface area contributed by atoms with Crippen molar-refractivity contribution in [3.63, 3.8) is 0 Å². The number of hydrogen-bond donors (Lipinski definition) is 1. The van der Waals surface area contributed by atoms with E-state index in [1.54, 1.807) is 0 Å². The van der Waals surface area contributed by atoms with Gasteiger partial charge in [-0.15, -0.1) is 11.6 Å². The minimum atomic E-state index is -0.133. The van der Waals surface area contributed by atoms with Gasteiger partial charge in [0.15, 0.2) is 0 Å². The van der Waals surface area contributed by atoms with Crippen molar-refractivity contribution in [1.82, 2.24) is 0 Å². The summed E-state index contributed by atoms with van der Waals surface area (Å²) in [5.41, 5.74) is 0. The van der Waals surface area contributed by atoms with Crippen LogP contribution in [0.3, 0.4) is 0 Å². The first-order chi connectivity index (χ1) is 4.72. The standard InChI is InChI=1S/C7H14BrClO/c1-2-3-4-6(8)7(9)5-10/h6-7,10H,2-5H2,1H3. The second-order valence-electron chi connectivity index (χ2n) is 2.36. The molecule has 1 nitrogen and oxygen atoms in total. The largest absolute Gasteiger partial charge is 0.395 e. The summed E-state index contributed by atoms with van der Waals surface area (Å²) in [7, 11) is 0. The molecule has 2 unspecified atom stereocenters. The molecule has 0 radical (unpaired) electrons. The summed E-state index contributed by atoms with van der Waals surface area (Å²) < 4.78 is 0. The Morgan fingerprint density at radius 3 is 2.60 bits per heavy atom. The molecule has 0 rings (SSSR count). The van der Waals surface area contributed by atoms with Crippen molar-refractivity contribution in [3.05, 3.63) is 0 Å². The molecule has 0 fully saturated rings. The van der Waals surface area contributed by atoms with Crippen LogP contribution in [0.5, 0.6) is 0 Å². The van der Waals surface area contributed by atoms with Gasteiger partial charge in [0.05, 0.1) is 12.0 Å². The van der Waals surface area contributed by atoms with Crippen molar-refractivity contribution < 1.29 is 5.11 Å². The molecule has 3 heteroatoms. The van der Waals surface area contributed by atoms with E-state index < -0.39 is 0 Å². The van der Waals surface area contributed by atoms with Gasteiger partial charge in [0.25, 0.3) is 0 Å². The molecule has 0 aromatic carbocycles. The Hall–Kier alpha value is 0.730. The fraction of sp³-hybridized carbons (Fsp3) is 1.00. The monoisotopic (exact) mass is 228 g/mol. The van der Waals surface area contributed by atoms with Gasteiger partial charge in [-0.3, -0.25) is 0 Å². The molecule has 0 aromatic rings. The van der Waals surface area contributed by atoms with Crippen molar-refractivity contribution in [2.75, 3.05) is 6.61 Å². The lowest BCUT2D eigenvalue weighted by Crippen LogP contribution is -2.18. The van der Waals surface area contributed by atoms with Crippen LogP contribution in [-0.2, 0) is 0 Å². The summed E-state index contributed by atoms with van der Waals surface area (Å²) >= 11 is 9.17. The van der Waals surface area contributed by atoms with Crippen molar-refractivity contribution in [3.8, 4) is 0 Å². The van der Waals surface area contributed by atoms with Gasteiger partial charge in [-0.25, -0.2) is 0 Å². The average molecular weight is 230 g/mol. The molecule has 10 heavy (non-hydrogen) atoms. The molecular formula is C7H14BrClO. The van der Waals surface area contributed by atoms with E-state index in [9.17, 15) is 0 Å². The summed E-state index contributed by atoms with van der Waals surface area (Å²) in [6.07, 6.45) is 3.39. The average Bonchev–Trinajstić information content (AvgIpc) is 1.98. The van der Waals surface area contributed by atoms with E-state index in [0.29, 0.717) is 0 Å². The van der Waals surface area contributed by atoms with Crippen molar-refractivity contribution >= 4 is 27.5 Å².